The number of fused-ring (bicyclic) bond motifs is 5. The first-order valence-corrected chi connectivity index (χ1v) is 9.42. The van der Waals surface area contributed by atoms with Gasteiger partial charge >= 0.3 is 11.9 Å². The van der Waals surface area contributed by atoms with Crippen LogP contribution in [0, 0.1) is 23.7 Å². The van der Waals surface area contributed by atoms with E-state index in [1.165, 1.54) is 17.6 Å². The summed E-state index contributed by atoms with van der Waals surface area (Å²) in [6, 6.07) is 0. The number of hydrogen-bond donors (Lipinski definition) is 0. The number of carbonyl (C=O) groups excluding carboxylic acids is 2. The van der Waals surface area contributed by atoms with Crippen molar-refractivity contribution < 1.29 is 19.1 Å². The van der Waals surface area contributed by atoms with E-state index < -0.39 is 0 Å². The highest BCUT2D eigenvalue weighted by Crippen LogP contribution is 2.58. The summed E-state index contributed by atoms with van der Waals surface area (Å²) < 4.78 is 10.5. The minimum atomic E-state index is -0.308. The van der Waals surface area contributed by atoms with Gasteiger partial charge in [-0.05, 0) is 50.4 Å². The number of ether oxygens (including phenoxy) is 2. The topological polar surface area (TPSA) is 52.6 Å². The number of rotatable bonds is 8. The van der Waals surface area contributed by atoms with Crippen molar-refractivity contribution in [1.29, 1.82) is 0 Å². The van der Waals surface area contributed by atoms with Crippen LogP contribution < -0.4 is 0 Å². The maximum atomic E-state index is 11.5. The van der Waals surface area contributed by atoms with Crippen LogP contribution in [0.4, 0.5) is 0 Å². The second kappa shape index (κ2) is 7.65. The Bertz CT molecular complexity index is 697. The third-order valence-corrected chi connectivity index (χ3v) is 5.84. The molecule has 0 N–H and O–H groups in total. The fourth-order valence-electron chi connectivity index (χ4n) is 4.60. The van der Waals surface area contributed by atoms with E-state index in [1.807, 2.05) is 0 Å². The summed E-state index contributed by atoms with van der Waals surface area (Å²) >= 11 is 0. The molecule has 1 fully saturated rings. The molecule has 3 aliphatic carbocycles. The van der Waals surface area contributed by atoms with Crippen LogP contribution in [0.1, 0.15) is 39.5 Å². The van der Waals surface area contributed by atoms with E-state index >= 15 is 0 Å². The molecule has 4 atom stereocenters. The number of allylic oxidation sites excluding steroid dienone is 2. The molecule has 0 heterocycles. The highest BCUT2D eigenvalue weighted by atomic mass is 16.5. The van der Waals surface area contributed by atoms with Crippen molar-refractivity contribution in [2.45, 2.75) is 39.5 Å². The smallest absolute Gasteiger partial charge is 0.333 e. The largest absolute Gasteiger partial charge is 0.462 e. The van der Waals surface area contributed by atoms with Gasteiger partial charge in [0.15, 0.2) is 0 Å². The van der Waals surface area contributed by atoms with Crippen molar-refractivity contribution in [3.63, 3.8) is 0 Å². The third-order valence-electron chi connectivity index (χ3n) is 5.84. The monoisotopic (exact) mass is 356 g/mol. The molecular formula is C22H28O4. The molecule has 140 valence electrons. The summed E-state index contributed by atoms with van der Waals surface area (Å²) in [6.45, 7) is 11.4. The summed E-state index contributed by atoms with van der Waals surface area (Å²) in [7, 11) is 0. The van der Waals surface area contributed by atoms with E-state index in [0.717, 1.165) is 19.3 Å². The van der Waals surface area contributed by atoms with Crippen molar-refractivity contribution >= 4 is 11.9 Å². The first-order chi connectivity index (χ1) is 12.4. The van der Waals surface area contributed by atoms with E-state index in [4.69, 9.17) is 9.47 Å². The summed E-state index contributed by atoms with van der Waals surface area (Å²) in [5, 5.41) is 0. The van der Waals surface area contributed by atoms with Gasteiger partial charge in [0, 0.05) is 24.0 Å². The molecule has 0 aliphatic heterocycles. The van der Waals surface area contributed by atoms with Crippen LogP contribution in [0.3, 0.4) is 0 Å². The lowest BCUT2D eigenvalue weighted by Crippen LogP contribution is -2.18. The fourth-order valence-corrected chi connectivity index (χ4v) is 4.60. The van der Waals surface area contributed by atoms with Gasteiger partial charge in [0.25, 0.3) is 0 Å². The van der Waals surface area contributed by atoms with Crippen LogP contribution in [0.2, 0.25) is 0 Å². The van der Waals surface area contributed by atoms with Gasteiger partial charge in [0.05, 0.1) is 13.2 Å². The Hall–Kier alpha value is -2.10. The van der Waals surface area contributed by atoms with Gasteiger partial charge in [0.2, 0.25) is 0 Å². The van der Waals surface area contributed by atoms with Crippen molar-refractivity contribution in [3.8, 4) is 0 Å². The van der Waals surface area contributed by atoms with E-state index in [2.05, 4.69) is 25.3 Å². The van der Waals surface area contributed by atoms with Crippen molar-refractivity contribution in [1.82, 2.24) is 0 Å². The Morgan fingerprint density at radius 2 is 1.65 bits per heavy atom. The van der Waals surface area contributed by atoms with Crippen LogP contribution >= 0.6 is 0 Å². The van der Waals surface area contributed by atoms with E-state index in [1.54, 1.807) is 13.8 Å². The molecule has 0 amide bonds. The molecule has 4 nitrogen and oxygen atoms in total. The molecule has 4 unspecified atom stereocenters. The molecule has 26 heavy (non-hydrogen) atoms. The van der Waals surface area contributed by atoms with Crippen LogP contribution in [-0.4, -0.2) is 25.2 Å². The molecule has 0 spiro atoms. The molecule has 0 aromatic rings. The van der Waals surface area contributed by atoms with Crippen LogP contribution in [0.15, 0.2) is 47.6 Å². The van der Waals surface area contributed by atoms with E-state index in [-0.39, 0.29) is 11.9 Å². The predicted octanol–water partition coefficient (Wildman–Crippen LogP) is 4.14. The summed E-state index contributed by atoms with van der Waals surface area (Å²) in [5.74, 6) is 1.92. The second-order valence-electron chi connectivity index (χ2n) is 7.85. The average molecular weight is 356 g/mol. The van der Waals surface area contributed by atoms with Crippen LogP contribution in [0.25, 0.3) is 0 Å². The van der Waals surface area contributed by atoms with Gasteiger partial charge in [0.1, 0.15) is 0 Å². The van der Waals surface area contributed by atoms with Crippen LogP contribution in [0.5, 0.6) is 0 Å². The van der Waals surface area contributed by atoms with Crippen molar-refractivity contribution in [2.75, 3.05) is 13.2 Å². The lowest BCUT2D eigenvalue weighted by molar-refractivity contribution is -0.139. The van der Waals surface area contributed by atoms with Gasteiger partial charge < -0.3 is 9.47 Å². The SMILES string of the molecule is C=C(C)C(=O)OCCC1=CC2C3CC(C=C3CCOC(=O)C(=C)C)C2C1. The number of esters is 2. The third kappa shape index (κ3) is 3.84. The highest BCUT2D eigenvalue weighted by molar-refractivity contribution is 5.87. The second-order valence-corrected chi connectivity index (χ2v) is 7.85. The molecule has 0 aromatic carbocycles. The fraction of sp³-hybridized carbons (Fsp3) is 0.545. The molecular weight excluding hydrogens is 328 g/mol. The molecule has 3 rings (SSSR count). The van der Waals surface area contributed by atoms with Crippen molar-refractivity contribution in [2.24, 2.45) is 23.7 Å². The maximum Gasteiger partial charge on any atom is 0.333 e. The summed E-state index contributed by atoms with van der Waals surface area (Å²) in [5.41, 5.74) is 3.74. The highest BCUT2D eigenvalue weighted by Gasteiger charge is 2.49. The Morgan fingerprint density at radius 1 is 1.04 bits per heavy atom. The van der Waals surface area contributed by atoms with Gasteiger partial charge in [-0.3, -0.25) is 0 Å². The molecule has 3 aliphatic rings. The van der Waals surface area contributed by atoms with Gasteiger partial charge in [-0.2, -0.15) is 0 Å². The Balaban J connectivity index is 1.48. The lowest BCUT2D eigenvalue weighted by Gasteiger charge is -2.24. The van der Waals surface area contributed by atoms with Crippen molar-refractivity contribution in [3.05, 3.63) is 47.6 Å². The first kappa shape index (κ1) is 18.7. The molecule has 0 saturated heterocycles. The zero-order valence-corrected chi connectivity index (χ0v) is 15.8. The maximum absolute atomic E-state index is 11.5. The Labute approximate surface area is 155 Å². The minimum absolute atomic E-state index is 0.306. The zero-order chi connectivity index (χ0) is 18.8. The Kier molecular flexibility index (Phi) is 5.49. The summed E-state index contributed by atoms with van der Waals surface area (Å²) in [4.78, 5) is 23.0. The van der Waals surface area contributed by atoms with E-state index in [0.29, 0.717) is 48.0 Å². The van der Waals surface area contributed by atoms with Gasteiger partial charge in [-0.1, -0.05) is 36.5 Å². The molecule has 1 saturated carbocycles. The predicted molar refractivity (Wildman–Crippen MR) is 100 cm³/mol. The molecule has 4 heteroatoms. The van der Waals surface area contributed by atoms with E-state index in [9.17, 15) is 9.59 Å². The average Bonchev–Trinajstić information content (AvgIpc) is 3.25. The molecule has 0 aromatic heterocycles. The lowest BCUT2D eigenvalue weighted by atomic mass is 9.81. The van der Waals surface area contributed by atoms with Gasteiger partial charge in [-0.15, -0.1) is 0 Å². The number of hydrogen-bond acceptors (Lipinski definition) is 4. The van der Waals surface area contributed by atoms with Crippen LogP contribution in [-0.2, 0) is 19.1 Å². The summed E-state index contributed by atoms with van der Waals surface area (Å²) in [6.07, 6.45) is 8.81. The standard InChI is InChI=1S/C22H28O4/c1-13(2)21(23)25-7-5-15-9-18-17-11-16(19(12-17)20(18)10-15)6-8-26-22(24)14(3)4/h10-11,17-20H,1,3,5-9,12H2,2,4H3. The molecule has 2 bridgehead atoms. The Morgan fingerprint density at radius 3 is 2.27 bits per heavy atom. The quantitative estimate of drug-likeness (QED) is 0.372. The zero-order valence-electron chi connectivity index (χ0n) is 15.8. The molecule has 0 radical (unpaired) electrons. The van der Waals surface area contributed by atoms with Gasteiger partial charge in [-0.25, -0.2) is 9.59 Å². The normalized spacial score (nSPS) is 28.2. The first-order valence-electron chi connectivity index (χ1n) is 9.42. The number of carbonyl (C=O) groups is 2. The minimum Gasteiger partial charge on any atom is -0.462 e.